The summed E-state index contributed by atoms with van der Waals surface area (Å²) in [5.74, 6) is -0.160. The number of benzene rings is 2. The first-order valence-electron chi connectivity index (χ1n) is 9.90. The molecule has 2 heterocycles. The number of H-pyrrole nitrogens is 1. The Labute approximate surface area is 157 Å². The van der Waals surface area contributed by atoms with Crippen LogP contribution in [0.15, 0.2) is 36.4 Å². The molecule has 5 rings (SSSR count). The molecule has 0 amide bonds. The fourth-order valence-corrected chi connectivity index (χ4v) is 4.51. The first-order chi connectivity index (χ1) is 13.2. The van der Waals surface area contributed by atoms with Crippen molar-refractivity contribution in [3.05, 3.63) is 53.6 Å². The topological polar surface area (TPSA) is 31.9 Å². The lowest BCUT2D eigenvalue weighted by Crippen LogP contribution is -2.45. The van der Waals surface area contributed by atoms with E-state index < -0.39 is 0 Å². The van der Waals surface area contributed by atoms with Crippen molar-refractivity contribution in [3.8, 4) is 11.4 Å². The van der Waals surface area contributed by atoms with E-state index in [1.807, 2.05) is 12.1 Å². The summed E-state index contributed by atoms with van der Waals surface area (Å²) in [4.78, 5) is 10.0. The number of halogens is 2. The van der Waals surface area contributed by atoms with Gasteiger partial charge < -0.3 is 4.98 Å². The third-order valence-electron chi connectivity index (χ3n) is 6.16. The van der Waals surface area contributed by atoms with E-state index in [1.165, 1.54) is 44.2 Å². The molecular formula is C22H23F2N3. The number of piperidine rings is 1. The minimum atomic E-state index is -0.332. The van der Waals surface area contributed by atoms with Crippen molar-refractivity contribution in [2.45, 2.75) is 50.6 Å². The molecule has 140 valence electrons. The summed E-state index contributed by atoms with van der Waals surface area (Å²) in [6.45, 7) is 1.12. The van der Waals surface area contributed by atoms with Gasteiger partial charge >= 0.3 is 0 Å². The van der Waals surface area contributed by atoms with Gasteiger partial charge in [-0.25, -0.2) is 13.8 Å². The lowest BCUT2D eigenvalue weighted by atomic mass is 9.85. The van der Waals surface area contributed by atoms with Gasteiger partial charge in [0, 0.05) is 12.1 Å². The molecule has 1 unspecified atom stereocenters. The smallest absolute Gasteiger partial charge is 0.141 e. The zero-order valence-electron chi connectivity index (χ0n) is 15.2. The fourth-order valence-electron chi connectivity index (χ4n) is 4.51. The average molecular weight is 367 g/mol. The first kappa shape index (κ1) is 16.9. The predicted molar refractivity (Wildman–Crippen MR) is 102 cm³/mol. The normalized spacial score (nSPS) is 21.5. The van der Waals surface area contributed by atoms with Gasteiger partial charge in [0.2, 0.25) is 0 Å². The summed E-state index contributed by atoms with van der Waals surface area (Å²) in [5, 5.41) is 0. The van der Waals surface area contributed by atoms with E-state index in [-0.39, 0.29) is 11.6 Å². The molecular weight excluding hydrogens is 344 g/mol. The van der Waals surface area contributed by atoms with Gasteiger partial charge in [0.1, 0.15) is 17.5 Å². The summed E-state index contributed by atoms with van der Waals surface area (Å²) < 4.78 is 28.4. The first-order valence-corrected chi connectivity index (χ1v) is 9.90. The molecule has 1 saturated carbocycles. The van der Waals surface area contributed by atoms with E-state index in [1.54, 1.807) is 12.1 Å². The van der Waals surface area contributed by atoms with Crippen LogP contribution in [0.25, 0.3) is 22.4 Å². The third-order valence-corrected chi connectivity index (χ3v) is 6.16. The van der Waals surface area contributed by atoms with Crippen LogP contribution >= 0.6 is 0 Å². The van der Waals surface area contributed by atoms with Crippen molar-refractivity contribution in [2.24, 2.45) is 0 Å². The van der Waals surface area contributed by atoms with Gasteiger partial charge in [-0.1, -0.05) is 18.9 Å². The van der Waals surface area contributed by atoms with Crippen LogP contribution in [0.3, 0.4) is 0 Å². The van der Waals surface area contributed by atoms with Crippen LogP contribution in [0.2, 0.25) is 0 Å². The number of hydrogen-bond acceptors (Lipinski definition) is 2. The highest BCUT2D eigenvalue weighted by molar-refractivity contribution is 5.79. The molecule has 2 fully saturated rings. The summed E-state index contributed by atoms with van der Waals surface area (Å²) in [6.07, 6.45) is 7.39. The summed E-state index contributed by atoms with van der Waals surface area (Å²) in [5.41, 5.74) is 2.71. The fraction of sp³-hybridized carbons (Fsp3) is 0.409. The van der Waals surface area contributed by atoms with E-state index in [9.17, 15) is 8.78 Å². The Kier molecular flexibility index (Phi) is 4.20. The summed E-state index contributed by atoms with van der Waals surface area (Å²) >= 11 is 0. The molecule has 1 aliphatic heterocycles. The van der Waals surface area contributed by atoms with Crippen LogP contribution in [0.4, 0.5) is 8.78 Å². The highest BCUT2D eigenvalue weighted by Gasteiger charge is 2.33. The lowest BCUT2D eigenvalue weighted by Gasteiger charge is -2.45. The number of nitrogens with one attached hydrogen (secondary N) is 1. The van der Waals surface area contributed by atoms with E-state index in [0.29, 0.717) is 34.5 Å². The Morgan fingerprint density at radius 3 is 2.63 bits per heavy atom. The molecule has 2 aliphatic rings. The van der Waals surface area contributed by atoms with E-state index >= 15 is 0 Å². The number of aromatic amines is 1. The molecule has 1 aromatic heterocycles. The average Bonchev–Trinajstić information content (AvgIpc) is 3.03. The van der Waals surface area contributed by atoms with Gasteiger partial charge in [0.25, 0.3) is 0 Å². The van der Waals surface area contributed by atoms with Crippen molar-refractivity contribution in [1.29, 1.82) is 0 Å². The maximum Gasteiger partial charge on any atom is 0.141 e. The van der Waals surface area contributed by atoms with Crippen LogP contribution in [0.1, 0.15) is 50.1 Å². The molecule has 0 radical (unpaired) electrons. The van der Waals surface area contributed by atoms with Crippen molar-refractivity contribution in [1.82, 2.24) is 14.9 Å². The SMILES string of the molecule is Fc1ccc2nc(-c3ccc(C4CCCCN4C4CCC4)cc3F)[nH]c2c1. The molecule has 3 aromatic rings. The number of likely N-dealkylation sites (tertiary alicyclic amines) is 1. The van der Waals surface area contributed by atoms with E-state index in [4.69, 9.17) is 0 Å². The molecule has 1 saturated heterocycles. The largest absolute Gasteiger partial charge is 0.338 e. The summed E-state index contributed by atoms with van der Waals surface area (Å²) in [6, 6.07) is 10.9. The quantitative estimate of drug-likeness (QED) is 0.655. The zero-order chi connectivity index (χ0) is 18.4. The molecule has 3 nitrogen and oxygen atoms in total. The highest BCUT2D eigenvalue weighted by atomic mass is 19.1. The zero-order valence-corrected chi connectivity index (χ0v) is 15.2. The van der Waals surface area contributed by atoms with Crippen molar-refractivity contribution < 1.29 is 8.78 Å². The van der Waals surface area contributed by atoms with Crippen molar-refractivity contribution in [2.75, 3.05) is 6.54 Å². The molecule has 2 aromatic carbocycles. The number of nitrogens with zero attached hydrogens (tertiary/aromatic N) is 2. The van der Waals surface area contributed by atoms with Crippen molar-refractivity contribution in [3.63, 3.8) is 0 Å². The van der Waals surface area contributed by atoms with Gasteiger partial charge in [0.15, 0.2) is 0 Å². The molecule has 0 bridgehead atoms. The predicted octanol–water partition coefficient (Wildman–Crippen LogP) is 5.59. The van der Waals surface area contributed by atoms with E-state index in [0.717, 1.165) is 18.5 Å². The van der Waals surface area contributed by atoms with Gasteiger partial charge in [-0.3, -0.25) is 4.90 Å². The van der Waals surface area contributed by atoms with Gasteiger partial charge in [-0.2, -0.15) is 0 Å². The molecule has 0 spiro atoms. The Morgan fingerprint density at radius 1 is 0.963 bits per heavy atom. The molecule has 1 atom stereocenters. The van der Waals surface area contributed by atoms with Gasteiger partial charge in [-0.05, 0) is 68.1 Å². The Bertz CT molecular complexity index is 977. The number of fused-ring (bicyclic) bond motifs is 1. The second kappa shape index (κ2) is 6.71. The third kappa shape index (κ3) is 3.04. The second-order valence-corrected chi connectivity index (χ2v) is 7.82. The van der Waals surface area contributed by atoms with Crippen LogP contribution in [-0.2, 0) is 0 Å². The highest BCUT2D eigenvalue weighted by Crippen LogP contribution is 2.39. The summed E-state index contributed by atoms with van der Waals surface area (Å²) in [7, 11) is 0. The van der Waals surface area contributed by atoms with E-state index in [2.05, 4.69) is 14.9 Å². The van der Waals surface area contributed by atoms with Gasteiger partial charge in [0.05, 0.1) is 16.6 Å². The lowest BCUT2D eigenvalue weighted by molar-refractivity contribution is 0.0510. The Balaban J connectivity index is 1.47. The Hall–Kier alpha value is -2.27. The minimum absolute atomic E-state index is 0.272. The number of rotatable bonds is 3. The maximum absolute atomic E-state index is 15.0. The molecule has 1 N–H and O–H groups in total. The number of hydrogen-bond donors (Lipinski definition) is 1. The molecule has 1 aliphatic carbocycles. The van der Waals surface area contributed by atoms with Crippen LogP contribution in [-0.4, -0.2) is 27.5 Å². The molecule has 27 heavy (non-hydrogen) atoms. The number of imidazole rings is 1. The molecule has 5 heteroatoms. The van der Waals surface area contributed by atoms with Crippen LogP contribution in [0, 0.1) is 11.6 Å². The van der Waals surface area contributed by atoms with Crippen molar-refractivity contribution >= 4 is 11.0 Å². The number of aromatic nitrogens is 2. The minimum Gasteiger partial charge on any atom is -0.338 e. The standard InChI is InChI=1S/C22H23F2N3/c23-15-8-10-19-20(13-15)26-22(25-19)17-9-7-14(12-18(17)24)21-6-1-2-11-27(21)16-4-3-5-16/h7-10,12-13,16,21H,1-6,11H2,(H,25,26). The monoisotopic (exact) mass is 367 g/mol. The van der Waals surface area contributed by atoms with Gasteiger partial charge in [-0.15, -0.1) is 0 Å². The van der Waals surface area contributed by atoms with Crippen LogP contribution < -0.4 is 0 Å². The Morgan fingerprint density at radius 2 is 1.85 bits per heavy atom. The second-order valence-electron chi connectivity index (χ2n) is 7.82. The maximum atomic E-state index is 15.0. The van der Waals surface area contributed by atoms with Crippen LogP contribution in [0.5, 0.6) is 0 Å².